The minimum absolute atomic E-state index is 0.585. The van der Waals surface area contributed by atoms with E-state index >= 15 is 0 Å². The molecule has 3 rings (SSSR count). The molecule has 0 amide bonds. The highest BCUT2D eigenvalue weighted by atomic mass is 16.3. The molecule has 6 heteroatoms. The molecule has 2 N–H and O–H groups in total. The van der Waals surface area contributed by atoms with Gasteiger partial charge in [0.2, 0.25) is 0 Å². The summed E-state index contributed by atoms with van der Waals surface area (Å²) in [5.41, 5.74) is 1.03. The molecule has 142 valence electrons. The zero-order valence-electron chi connectivity index (χ0n) is 15.8. The van der Waals surface area contributed by atoms with Gasteiger partial charge in [-0.05, 0) is 37.5 Å². The standard InChI is InChI=1S/C20H31N5O/c1-2-3-12-21-20(22-13-10-19-9-6-15-26-19)23-16-17-11-14-25(24-17)18-7-4-5-8-18/h6,9,11,14-15,18H,2-5,7-8,10,12-13,16H2,1H3,(H2,21,22,23). The van der Waals surface area contributed by atoms with Crippen LogP contribution < -0.4 is 10.6 Å². The van der Waals surface area contributed by atoms with Crippen LogP contribution in [-0.4, -0.2) is 28.8 Å². The summed E-state index contributed by atoms with van der Waals surface area (Å²) in [5, 5.41) is 11.5. The molecule has 1 aliphatic rings. The van der Waals surface area contributed by atoms with Gasteiger partial charge in [-0.3, -0.25) is 4.68 Å². The number of nitrogens with one attached hydrogen (secondary N) is 2. The number of nitrogens with zero attached hydrogens (tertiary/aromatic N) is 3. The lowest BCUT2D eigenvalue weighted by molar-refractivity contribution is 0.463. The number of aliphatic imine (C=N–C) groups is 1. The third kappa shape index (κ3) is 5.64. The number of hydrogen-bond acceptors (Lipinski definition) is 3. The smallest absolute Gasteiger partial charge is 0.191 e. The lowest BCUT2D eigenvalue weighted by Crippen LogP contribution is -2.38. The minimum atomic E-state index is 0.585. The van der Waals surface area contributed by atoms with Crippen molar-refractivity contribution in [2.75, 3.05) is 13.1 Å². The van der Waals surface area contributed by atoms with Gasteiger partial charge < -0.3 is 15.1 Å². The molecule has 0 radical (unpaired) electrons. The van der Waals surface area contributed by atoms with Crippen LogP contribution in [0.3, 0.4) is 0 Å². The van der Waals surface area contributed by atoms with Crippen LogP contribution in [0.2, 0.25) is 0 Å². The number of aromatic nitrogens is 2. The molecule has 0 spiro atoms. The first-order chi connectivity index (χ1) is 12.8. The monoisotopic (exact) mass is 357 g/mol. The Morgan fingerprint density at radius 1 is 1.27 bits per heavy atom. The van der Waals surface area contributed by atoms with E-state index in [0.29, 0.717) is 12.6 Å². The van der Waals surface area contributed by atoms with Gasteiger partial charge in [0.1, 0.15) is 5.76 Å². The van der Waals surface area contributed by atoms with Crippen LogP contribution in [0.5, 0.6) is 0 Å². The molecule has 0 aromatic carbocycles. The largest absolute Gasteiger partial charge is 0.469 e. The highest BCUT2D eigenvalue weighted by molar-refractivity contribution is 5.79. The van der Waals surface area contributed by atoms with Crippen molar-refractivity contribution >= 4 is 5.96 Å². The Morgan fingerprint density at radius 3 is 2.88 bits per heavy atom. The molecule has 0 atom stereocenters. The molecular formula is C20H31N5O. The van der Waals surface area contributed by atoms with E-state index in [-0.39, 0.29) is 0 Å². The summed E-state index contributed by atoms with van der Waals surface area (Å²) < 4.78 is 7.51. The van der Waals surface area contributed by atoms with Gasteiger partial charge in [-0.15, -0.1) is 0 Å². The Balaban J connectivity index is 1.52. The van der Waals surface area contributed by atoms with Crippen LogP contribution >= 0.6 is 0 Å². The number of hydrogen-bond donors (Lipinski definition) is 2. The van der Waals surface area contributed by atoms with Crippen LogP contribution in [0, 0.1) is 0 Å². The van der Waals surface area contributed by atoms with Gasteiger partial charge in [0, 0.05) is 25.7 Å². The number of unbranched alkanes of at least 4 members (excludes halogenated alkanes) is 1. The van der Waals surface area contributed by atoms with Crippen molar-refractivity contribution < 1.29 is 4.42 Å². The molecule has 0 unspecified atom stereocenters. The molecule has 1 fully saturated rings. The van der Waals surface area contributed by atoms with Gasteiger partial charge in [-0.2, -0.15) is 5.10 Å². The third-order valence-corrected chi connectivity index (χ3v) is 4.83. The van der Waals surface area contributed by atoms with E-state index in [0.717, 1.165) is 43.3 Å². The van der Waals surface area contributed by atoms with Crippen LogP contribution in [0.1, 0.15) is 62.9 Å². The first-order valence-corrected chi connectivity index (χ1v) is 9.93. The minimum Gasteiger partial charge on any atom is -0.469 e. The summed E-state index contributed by atoms with van der Waals surface area (Å²) in [6, 6.07) is 6.60. The third-order valence-electron chi connectivity index (χ3n) is 4.83. The molecule has 1 saturated carbocycles. The molecule has 0 bridgehead atoms. The van der Waals surface area contributed by atoms with Crippen molar-refractivity contribution in [2.24, 2.45) is 4.99 Å². The Morgan fingerprint density at radius 2 is 2.12 bits per heavy atom. The molecule has 0 saturated heterocycles. The summed E-state index contributed by atoms with van der Waals surface area (Å²) in [6.07, 6.45) is 12.1. The van der Waals surface area contributed by atoms with E-state index in [4.69, 9.17) is 14.5 Å². The molecule has 2 heterocycles. The van der Waals surface area contributed by atoms with E-state index in [2.05, 4.69) is 34.5 Å². The van der Waals surface area contributed by atoms with Crippen molar-refractivity contribution in [1.82, 2.24) is 20.4 Å². The maximum absolute atomic E-state index is 5.38. The topological polar surface area (TPSA) is 67.4 Å². The van der Waals surface area contributed by atoms with E-state index in [1.807, 2.05) is 12.1 Å². The van der Waals surface area contributed by atoms with E-state index < -0.39 is 0 Å². The van der Waals surface area contributed by atoms with Gasteiger partial charge in [0.25, 0.3) is 0 Å². The predicted molar refractivity (Wildman–Crippen MR) is 104 cm³/mol. The zero-order valence-corrected chi connectivity index (χ0v) is 15.8. The van der Waals surface area contributed by atoms with Gasteiger partial charge in [-0.25, -0.2) is 4.99 Å². The summed E-state index contributed by atoms with van der Waals surface area (Å²) in [7, 11) is 0. The van der Waals surface area contributed by atoms with Crippen molar-refractivity contribution in [3.8, 4) is 0 Å². The lowest BCUT2D eigenvalue weighted by atomic mass is 10.3. The van der Waals surface area contributed by atoms with Crippen molar-refractivity contribution in [3.63, 3.8) is 0 Å². The Hall–Kier alpha value is -2.24. The highest BCUT2D eigenvalue weighted by Gasteiger charge is 2.17. The van der Waals surface area contributed by atoms with Crippen LogP contribution in [0.4, 0.5) is 0 Å². The Bertz CT molecular complexity index is 656. The second-order valence-electron chi connectivity index (χ2n) is 6.93. The van der Waals surface area contributed by atoms with E-state index in [1.54, 1.807) is 6.26 Å². The molecule has 6 nitrogen and oxygen atoms in total. The van der Waals surface area contributed by atoms with Gasteiger partial charge in [0.05, 0.1) is 24.5 Å². The normalized spacial score (nSPS) is 15.5. The van der Waals surface area contributed by atoms with E-state index in [9.17, 15) is 0 Å². The van der Waals surface area contributed by atoms with Crippen LogP contribution in [0.25, 0.3) is 0 Å². The molecule has 0 aliphatic heterocycles. The maximum atomic E-state index is 5.38. The number of guanidine groups is 1. The fourth-order valence-corrected chi connectivity index (χ4v) is 3.31. The lowest BCUT2D eigenvalue weighted by Gasteiger charge is -2.12. The molecule has 2 aromatic heterocycles. The van der Waals surface area contributed by atoms with Gasteiger partial charge >= 0.3 is 0 Å². The molecule has 2 aromatic rings. The molecule has 1 aliphatic carbocycles. The SMILES string of the molecule is CCCCNC(=NCc1ccn(C2CCCC2)n1)NCCc1ccco1. The summed E-state index contributed by atoms with van der Waals surface area (Å²) in [5.74, 6) is 1.83. The van der Waals surface area contributed by atoms with Crippen molar-refractivity contribution in [2.45, 2.75) is 64.5 Å². The second kappa shape index (κ2) is 10.0. The fourth-order valence-electron chi connectivity index (χ4n) is 3.31. The number of furan rings is 1. The summed E-state index contributed by atoms with van der Waals surface area (Å²) in [6.45, 7) is 4.52. The van der Waals surface area contributed by atoms with E-state index in [1.165, 1.54) is 32.1 Å². The van der Waals surface area contributed by atoms with Crippen molar-refractivity contribution in [1.29, 1.82) is 0 Å². The molecule has 26 heavy (non-hydrogen) atoms. The average molecular weight is 358 g/mol. The van der Waals surface area contributed by atoms with Gasteiger partial charge in [0.15, 0.2) is 5.96 Å². The predicted octanol–water partition coefficient (Wildman–Crippen LogP) is 3.67. The maximum Gasteiger partial charge on any atom is 0.191 e. The first-order valence-electron chi connectivity index (χ1n) is 9.93. The van der Waals surface area contributed by atoms with Gasteiger partial charge in [-0.1, -0.05) is 26.2 Å². The zero-order chi connectivity index (χ0) is 18.0. The summed E-state index contributed by atoms with van der Waals surface area (Å²) in [4.78, 5) is 4.71. The molecular weight excluding hydrogens is 326 g/mol. The number of rotatable bonds is 9. The average Bonchev–Trinajstić information content (AvgIpc) is 3.41. The fraction of sp³-hybridized carbons (Fsp3) is 0.600. The Labute approximate surface area is 156 Å². The highest BCUT2D eigenvalue weighted by Crippen LogP contribution is 2.28. The summed E-state index contributed by atoms with van der Waals surface area (Å²) >= 11 is 0. The first kappa shape index (κ1) is 18.5. The van der Waals surface area contributed by atoms with Crippen LogP contribution in [-0.2, 0) is 13.0 Å². The quantitative estimate of drug-likeness (QED) is 0.408. The van der Waals surface area contributed by atoms with Crippen LogP contribution in [0.15, 0.2) is 40.1 Å². The second-order valence-corrected chi connectivity index (χ2v) is 6.93. The Kier molecular flexibility index (Phi) is 7.16. The van der Waals surface area contributed by atoms with Crippen molar-refractivity contribution in [3.05, 3.63) is 42.1 Å².